The first-order valence-corrected chi connectivity index (χ1v) is 9.91. The van der Waals surface area contributed by atoms with Gasteiger partial charge in [0, 0.05) is 12.0 Å². The number of nitrogens with zero attached hydrogens (tertiary/aromatic N) is 2. The molecule has 1 aromatic carbocycles. The fourth-order valence-electron chi connectivity index (χ4n) is 3.15. The van der Waals surface area contributed by atoms with Crippen molar-refractivity contribution >= 4 is 23.7 Å². The van der Waals surface area contributed by atoms with E-state index >= 15 is 0 Å². The molecule has 7 nitrogen and oxygen atoms in total. The van der Waals surface area contributed by atoms with Gasteiger partial charge in [-0.15, -0.1) is 0 Å². The van der Waals surface area contributed by atoms with Crippen molar-refractivity contribution in [3.05, 3.63) is 28.8 Å². The Bertz CT molecular complexity index is 859. The molecular weight excluding hydrogens is 366 g/mol. The Kier molecular flexibility index (Phi) is 7.66. The zero-order valence-electron chi connectivity index (χ0n) is 17.5. The highest BCUT2D eigenvalue weighted by Gasteiger charge is 2.25. The van der Waals surface area contributed by atoms with Gasteiger partial charge >= 0.3 is 0 Å². The van der Waals surface area contributed by atoms with Crippen molar-refractivity contribution in [3.63, 3.8) is 0 Å². The number of carbonyl (C=O) groups is 1. The van der Waals surface area contributed by atoms with Crippen LogP contribution in [0, 0.1) is 41.9 Å². The topological polar surface area (TPSA) is 122 Å². The molecule has 0 spiro atoms. The van der Waals surface area contributed by atoms with Crippen LogP contribution >= 0.6 is 0 Å². The van der Waals surface area contributed by atoms with Gasteiger partial charge in [-0.05, 0) is 62.8 Å². The molecule has 3 N–H and O–H groups in total. The van der Waals surface area contributed by atoms with Crippen LogP contribution in [0.25, 0.3) is 0 Å². The van der Waals surface area contributed by atoms with Gasteiger partial charge in [0.15, 0.2) is 0 Å². The van der Waals surface area contributed by atoms with E-state index in [1.54, 1.807) is 6.07 Å². The van der Waals surface area contributed by atoms with E-state index in [1.807, 2.05) is 33.8 Å². The van der Waals surface area contributed by atoms with Crippen LogP contribution in [0.15, 0.2) is 17.1 Å². The Balaban J connectivity index is 1.84. The fourth-order valence-corrected chi connectivity index (χ4v) is 3.15. The Hall–Kier alpha value is -3.01. The molecule has 0 bridgehead atoms. The summed E-state index contributed by atoms with van der Waals surface area (Å²) in [6.45, 7) is 7.56. The van der Waals surface area contributed by atoms with E-state index in [9.17, 15) is 4.79 Å². The van der Waals surface area contributed by atoms with E-state index in [0.29, 0.717) is 5.56 Å². The molecule has 0 atom stereocenters. The van der Waals surface area contributed by atoms with Gasteiger partial charge in [-0.3, -0.25) is 15.6 Å². The summed E-state index contributed by atoms with van der Waals surface area (Å²) in [7, 11) is 0. The number of benzene rings is 1. The normalized spacial score (nSPS) is 19.0. The molecule has 0 aromatic heterocycles. The largest absolute Gasteiger partial charge is 0.490 e. The van der Waals surface area contributed by atoms with Crippen LogP contribution in [-0.4, -0.2) is 35.8 Å². The minimum absolute atomic E-state index is 0.00412. The Labute approximate surface area is 172 Å². The van der Waals surface area contributed by atoms with Gasteiger partial charge < -0.3 is 10.1 Å². The first-order valence-electron chi connectivity index (χ1n) is 9.91. The first-order chi connectivity index (χ1) is 13.7. The zero-order chi connectivity index (χ0) is 21.6. The lowest BCUT2D eigenvalue weighted by Gasteiger charge is -2.30. The van der Waals surface area contributed by atoms with Gasteiger partial charge in [0.1, 0.15) is 17.3 Å². The molecule has 1 saturated carbocycles. The van der Waals surface area contributed by atoms with E-state index in [0.717, 1.165) is 48.8 Å². The molecule has 29 heavy (non-hydrogen) atoms. The summed E-state index contributed by atoms with van der Waals surface area (Å²) in [6.07, 6.45) is 4.38. The number of hydrogen-bond acceptors (Lipinski definition) is 5. The monoisotopic (exact) mass is 395 g/mol. The number of aliphatic imine (C=N–C) groups is 1. The maximum Gasteiger partial charge on any atom is 0.270 e. The Morgan fingerprint density at radius 2 is 1.90 bits per heavy atom. The molecule has 2 rings (SSSR count). The molecular formula is C22H29N5O2. The second kappa shape index (κ2) is 9.97. The molecule has 0 heterocycles. The van der Waals surface area contributed by atoms with E-state index in [1.165, 1.54) is 0 Å². The van der Waals surface area contributed by atoms with Crippen LogP contribution in [-0.2, 0) is 4.79 Å². The number of ether oxygens (including phenoxy) is 1. The third kappa shape index (κ3) is 5.98. The van der Waals surface area contributed by atoms with Crippen molar-refractivity contribution in [3.8, 4) is 11.8 Å². The van der Waals surface area contributed by atoms with Crippen LogP contribution in [0.5, 0.6) is 5.75 Å². The van der Waals surface area contributed by atoms with Crippen molar-refractivity contribution in [1.29, 1.82) is 16.1 Å². The maximum absolute atomic E-state index is 12.2. The first kappa shape index (κ1) is 22.3. The van der Waals surface area contributed by atoms with Crippen molar-refractivity contribution in [2.45, 2.75) is 65.5 Å². The Morgan fingerprint density at radius 3 is 2.48 bits per heavy atom. The lowest BCUT2D eigenvalue weighted by atomic mass is 9.92. The SMILES string of the molecule is Cc1c(C#N)ccc(OC2CCC(NC(=O)C(=N)C=NC(=N)C(C)C)CC2)c1C. The number of nitriles is 1. The molecule has 1 fully saturated rings. The smallest absolute Gasteiger partial charge is 0.270 e. The number of rotatable bonds is 6. The lowest BCUT2D eigenvalue weighted by molar-refractivity contribution is -0.115. The van der Waals surface area contributed by atoms with E-state index in [2.05, 4.69) is 16.4 Å². The number of amidine groups is 1. The van der Waals surface area contributed by atoms with Crippen molar-refractivity contribution in [1.82, 2.24) is 5.32 Å². The van der Waals surface area contributed by atoms with Crippen LogP contribution in [0.1, 0.15) is 56.2 Å². The number of carbonyl (C=O) groups excluding carboxylic acids is 1. The van der Waals surface area contributed by atoms with Gasteiger partial charge in [-0.1, -0.05) is 13.8 Å². The number of amides is 1. The average Bonchev–Trinajstić information content (AvgIpc) is 2.70. The van der Waals surface area contributed by atoms with E-state index < -0.39 is 5.91 Å². The summed E-state index contributed by atoms with van der Waals surface area (Å²) in [4.78, 5) is 16.0. The minimum Gasteiger partial charge on any atom is -0.490 e. The number of nitrogens with one attached hydrogen (secondary N) is 3. The maximum atomic E-state index is 12.2. The standard InChI is InChI=1S/C22H29N5O2/c1-13(2)21(25)26-12-19(24)22(28)27-17-6-8-18(9-7-17)29-20-10-5-16(11-23)14(3)15(20)4/h5,10,12-13,17-18,24-25H,6-9H2,1-4H3,(H,27,28). The lowest BCUT2D eigenvalue weighted by Crippen LogP contribution is -2.42. The van der Waals surface area contributed by atoms with E-state index in [4.69, 9.17) is 20.8 Å². The summed E-state index contributed by atoms with van der Waals surface area (Å²) < 4.78 is 6.15. The Morgan fingerprint density at radius 1 is 1.24 bits per heavy atom. The average molecular weight is 396 g/mol. The predicted octanol–water partition coefficient (Wildman–Crippen LogP) is 3.71. The summed E-state index contributed by atoms with van der Waals surface area (Å²) >= 11 is 0. The highest BCUT2D eigenvalue weighted by molar-refractivity contribution is 6.60. The predicted molar refractivity (Wildman–Crippen MR) is 114 cm³/mol. The second-order valence-electron chi connectivity index (χ2n) is 7.75. The highest BCUT2D eigenvalue weighted by Crippen LogP contribution is 2.29. The van der Waals surface area contributed by atoms with Gasteiger partial charge in [0.2, 0.25) is 0 Å². The summed E-state index contributed by atoms with van der Waals surface area (Å²) in [5.74, 6) is 0.447. The third-order valence-electron chi connectivity index (χ3n) is 5.29. The van der Waals surface area contributed by atoms with E-state index in [-0.39, 0.29) is 29.6 Å². The summed E-state index contributed by atoms with van der Waals surface area (Å²) in [6, 6.07) is 5.83. The summed E-state index contributed by atoms with van der Waals surface area (Å²) in [5, 5.41) is 27.4. The van der Waals surface area contributed by atoms with Crippen LogP contribution in [0.3, 0.4) is 0 Å². The van der Waals surface area contributed by atoms with Gasteiger partial charge in [-0.25, -0.2) is 4.99 Å². The third-order valence-corrected chi connectivity index (χ3v) is 5.29. The molecule has 0 unspecified atom stereocenters. The molecule has 1 amide bonds. The molecule has 1 aliphatic carbocycles. The van der Waals surface area contributed by atoms with Crippen molar-refractivity contribution in [2.75, 3.05) is 0 Å². The van der Waals surface area contributed by atoms with Crippen LogP contribution < -0.4 is 10.1 Å². The molecule has 0 saturated heterocycles. The molecule has 7 heteroatoms. The molecule has 0 aliphatic heterocycles. The quantitative estimate of drug-likeness (QED) is 0.502. The van der Waals surface area contributed by atoms with Gasteiger partial charge in [-0.2, -0.15) is 5.26 Å². The molecule has 1 aromatic rings. The minimum atomic E-state index is -0.465. The van der Waals surface area contributed by atoms with Gasteiger partial charge in [0.05, 0.1) is 24.0 Å². The molecule has 1 aliphatic rings. The number of hydrogen-bond donors (Lipinski definition) is 3. The highest BCUT2D eigenvalue weighted by atomic mass is 16.5. The van der Waals surface area contributed by atoms with Crippen LogP contribution in [0.2, 0.25) is 0 Å². The molecule has 0 radical (unpaired) electrons. The zero-order valence-corrected chi connectivity index (χ0v) is 17.5. The van der Waals surface area contributed by atoms with Crippen molar-refractivity contribution < 1.29 is 9.53 Å². The fraction of sp³-hybridized carbons (Fsp3) is 0.500. The second-order valence-corrected chi connectivity index (χ2v) is 7.75. The molecule has 154 valence electrons. The van der Waals surface area contributed by atoms with Gasteiger partial charge in [0.25, 0.3) is 5.91 Å². The van der Waals surface area contributed by atoms with Crippen molar-refractivity contribution in [2.24, 2.45) is 10.9 Å². The summed E-state index contributed by atoms with van der Waals surface area (Å²) in [5.41, 5.74) is 2.35. The van der Waals surface area contributed by atoms with Crippen LogP contribution in [0.4, 0.5) is 0 Å².